The number of carbonyl (C=O) groups excluding carboxylic acids is 1. The molecule has 0 spiro atoms. The molecule has 2 N–H and O–H groups in total. The lowest BCUT2D eigenvalue weighted by Gasteiger charge is -2.37. The standard InChI is InChI=1S/C27H34N8O2/c1-4-28-27(36)31-22-7-5-21(6-8-22)25-32-24-16-34(15-20-13-29-19(3)30-14-20)10-9-23(24)26(33-25)35-11-12-37-17-18(35)2/h5-8,13-14,18H,4,9-12,15-17H2,1-3H3,(H2,28,31,36). The fraction of sp³-hybridized carbons (Fsp3) is 0.444. The highest BCUT2D eigenvalue weighted by molar-refractivity contribution is 5.89. The lowest BCUT2D eigenvalue weighted by Crippen LogP contribution is -2.45. The molecule has 2 aliphatic heterocycles. The summed E-state index contributed by atoms with van der Waals surface area (Å²) < 4.78 is 5.70. The Labute approximate surface area is 217 Å². The molecule has 2 aliphatic rings. The second-order valence-electron chi connectivity index (χ2n) is 9.57. The Hall–Kier alpha value is -3.63. The Morgan fingerprint density at radius 3 is 2.65 bits per heavy atom. The van der Waals surface area contributed by atoms with Crippen LogP contribution in [0.1, 0.15) is 36.5 Å². The van der Waals surface area contributed by atoms with Crippen molar-refractivity contribution in [2.45, 2.75) is 46.3 Å². The molecule has 1 aromatic carbocycles. The highest BCUT2D eigenvalue weighted by Crippen LogP contribution is 2.32. The maximum Gasteiger partial charge on any atom is 0.319 e. The average Bonchev–Trinajstić information content (AvgIpc) is 2.90. The van der Waals surface area contributed by atoms with Gasteiger partial charge in [0.2, 0.25) is 0 Å². The van der Waals surface area contributed by atoms with Gasteiger partial charge >= 0.3 is 6.03 Å². The van der Waals surface area contributed by atoms with Crippen molar-refractivity contribution in [1.29, 1.82) is 0 Å². The van der Waals surface area contributed by atoms with Gasteiger partial charge in [-0.25, -0.2) is 24.7 Å². The number of fused-ring (bicyclic) bond motifs is 1. The molecule has 0 aliphatic carbocycles. The Morgan fingerprint density at radius 1 is 1.14 bits per heavy atom. The summed E-state index contributed by atoms with van der Waals surface area (Å²) in [7, 11) is 0. The molecule has 10 heteroatoms. The van der Waals surface area contributed by atoms with Gasteiger partial charge in [0, 0.05) is 67.5 Å². The minimum atomic E-state index is -0.219. The van der Waals surface area contributed by atoms with E-state index in [2.05, 4.69) is 37.3 Å². The van der Waals surface area contributed by atoms with Gasteiger partial charge in [0.05, 0.1) is 24.9 Å². The largest absolute Gasteiger partial charge is 0.377 e. The third kappa shape index (κ3) is 5.86. The molecule has 0 saturated carbocycles. The molecule has 1 atom stereocenters. The van der Waals surface area contributed by atoms with E-state index < -0.39 is 0 Å². The molecule has 4 heterocycles. The van der Waals surface area contributed by atoms with E-state index >= 15 is 0 Å². The first kappa shape index (κ1) is 25.0. The summed E-state index contributed by atoms with van der Waals surface area (Å²) in [4.78, 5) is 35.5. The Balaban J connectivity index is 1.44. The number of aryl methyl sites for hydroxylation is 1. The van der Waals surface area contributed by atoms with Gasteiger partial charge < -0.3 is 20.3 Å². The molecule has 1 unspecified atom stereocenters. The van der Waals surface area contributed by atoms with Gasteiger partial charge in [-0.05, 0) is 51.5 Å². The molecule has 194 valence electrons. The van der Waals surface area contributed by atoms with Crippen molar-refractivity contribution in [3.8, 4) is 11.4 Å². The monoisotopic (exact) mass is 502 g/mol. The summed E-state index contributed by atoms with van der Waals surface area (Å²) in [5.41, 5.74) is 5.02. The van der Waals surface area contributed by atoms with Gasteiger partial charge in [-0.15, -0.1) is 0 Å². The number of rotatable bonds is 6. The number of urea groups is 1. The molecule has 1 fully saturated rings. The fourth-order valence-corrected chi connectivity index (χ4v) is 4.81. The van der Waals surface area contributed by atoms with Gasteiger partial charge in [0.1, 0.15) is 11.6 Å². The Bertz CT molecular complexity index is 1230. The van der Waals surface area contributed by atoms with Crippen LogP contribution in [-0.4, -0.2) is 69.8 Å². The first-order valence-electron chi connectivity index (χ1n) is 12.9. The molecular weight excluding hydrogens is 468 g/mol. The van der Waals surface area contributed by atoms with Crippen molar-refractivity contribution < 1.29 is 9.53 Å². The molecular formula is C27H34N8O2. The quantitative estimate of drug-likeness (QED) is 0.529. The van der Waals surface area contributed by atoms with Crippen molar-refractivity contribution in [3.63, 3.8) is 0 Å². The minimum absolute atomic E-state index is 0.219. The topological polar surface area (TPSA) is 108 Å². The molecule has 2 aromatic heterocycles. The zero-order valence-corrected chi connectivity index (χ0v) is 21.7. The highest BCUT2D eigenvalue weighted by atomic mass is 16.5. The zero-order valence-electron chi connectivity index (χ0n) is 21.7. The molecule has 5 rings (SSSR count). The van der Waals surface area contributed by atoms with Crippen LogP contribution < -0.4 is 15.5 Å². The van der Waals surface area contributed by atoms with Crippen LogP contribution in [0.25, 0.3) is 11.4 Å². The summed E-state index contributed by atoms with van der Waals surface area (Å²) in [5.74, 6) is 2.48. The SMILES string of the molecule is CCNC(=O)Nc1ccc(-c2nc3c(c(N4CCOCC4C)n2)CCN(Cc2cnc(C)nc2)C3)cc1. The van der Waals surface area contributed by atoms with Crippen LogP contribution in [0.15, 0.2) is 36.7 Å². The van der Waals surface area contributed by atoms with Crippen molar-refractivity contribution in [1.82, 2.24) is 30.2 Å². The maximum absolute atomic E-state index is 11.9. The van der Waals surface area contributed by atoms with Crippen LogP contribution in [-0.2, 0) is 24.2 Å². The van der Waals surface area contributed by atoms with E-state index in [9.17, 15) is 4.79 Å². The molecule has 37 heavy (non-hydrogen) atoms. The second kappa shape index (κ2) is 11.2. The van der Waals surface area contributed by atoms with Crippen LogP contribution >= 0.6 is 0 Å². The van der Waals surface area contributed by atoms with Crippen LogP contribution in [0.2, 0.25) is 0 Å². The van der Waals surface area contributed by atoms with Gasteiger partial charge in [-0.3, -0.25) is 4.90 Å². The number of amides is 2. The highest BCUT2D eigenvalue weighted by Gasteiger charge is 2.29. The average molecular weight is 503 g/mol. The minimum Gasteiger partial charge on any atom is -0.377 e. The van der Waals surface area contributed by atoms with Gasteiger partial charge in [0.15, 0.2) is 5.82 Å². The van der Waals surface area contributed by atoms with E-state index in [-0.39, 0.29) is 12.1 Å². The first-order chi connectivity index (χ1) is 18.0. The van der Waals surface area contributed by atoms with Gasteiger partial charge in [-0.1, -0.05) is 0 Å². The normalized spacial score (nSPS) is 17.8. The smallest absolute Gasteiger partial charge is 0.319 e. The summed E-state index contributed by atoms with van der Waals surface area (Å²) in [6, 6.07) is 7.71. The number of benzene rings is 1. The number of hydrogen-bond acceptors (Lipinski definition) is 8. The number of hydrogen-bond donors (Lipinski definition) is 2. The predicted octanol–water partition coefficient (Wildman–Crippen LogP) is 3.17. The van der Waals surface area contributed by atoms with Crippen LogP contribution in [0, 0.1) is 6.92 Å². The summed E-state index contributed by atoms with van der Waals surface area (Å²) in [6.45, 7) is 11.2. The molecule has 1 saturated heterocycles. The lowest BCUT2D eigenvalue weighted by molar-refractivity contribution is 0.0983. The summed E-state index contributed by atoms with van der Waals surface area (Å²) in [6.07, 6.45) is 4.69. The van der Waals surface area contributed by atoms with E-state index in [1.807, 2.05) is 50.5 Å². The van der Waals surface area contributed by atoms with Crippen LogP contribution in [0.4, 0.5) is 16.3 Å². The third-order valence-electron chi connectivity index (χ3n) is 6.74. The summed E-state index contributed by atoms with van der Waals surface area (Å²) >= 11 is 0. The van der Waals surface area contributed by atoms with E-state index in [0.29, 0.717) is 25.6 Å². The Morgan fingerprint density at radius 2 is 1.92 bits per heavy atom. The molecule has 0 bridgehead atoms. The number of nitrogens with one attached hydrogen (secondary N) is 2. The van der Waals surface area contributed by atoms with Gasteiger partial charge in [-0.2, -0.15) is 0 Å². The molecule has 3 aromatic rings. The molecule has 10 nitrogen and oxygen atoms in total. The van der Waals surface area contributed by atoms with Crippen molar-refractivity contribution in [2.75, 3.05) is 43.1 Å². The van der Waals surface area contributed by atoms with Crippen LogP contribution in [0.3, 0.4) is 0 Å². The second-order valence-corrected chi connectivity index (χ2v) is 9.57. The fourth-order valence-electron chi connectivity index (χ4n) is 4.81. The number of ether oxygens (including phenoxy) is 1. The maximum atomic E-state index is 11.9. The molecule has 2 amide bonds. The van der Waals surface area contributed by atoms with E-state index in [4.69, 9.17) is 14.7 Å². The number of morpholine rings is 1. The van der Waals surface area contributed by atoms with E-state index in [1.54, 1.807) is 0 Å². The van der Waals surface area contributed by atoms with Crippen molar-refractivity contribution in [3.05, 3.63) is 59.3 Å². The number of aromatic nitrogens is 4. The van der Waals surface area contributed by atoms with Gasteiger partial charge in [0.25, 0.3) is 0 Å². The Kier molecular flexibility index (Phi) is 7.57. The lowest BCUT2D eigenvalue weighted by atomic mass is 10.0. The van der Waals surface area contributed by atoms with Crippen molar-refractivity contribution >= 4 is 17.5 Å². The number of carbonyl (C=O) groups is 1. The number of nitrogens with zero attached hydrogens (tertiary/aromatic N) is 6. The van der Waals surface area contributed by atoms with Crippen LogP contribution in [0.5, 0.6) is 0 Å². The predicted molar refractivity (Wildman–Crippen MR) is 142 cm³/mol. The third-order valence-corrected chi connectivity index (χ3v) is 6.74. The van der Waals surface area contributed by atoms with Crippen molar-refractivity contribution in [2.24, 2.45) is 0 Å². The zero-order chi connectivity index (χ0) is 25.8. The van der Waals surface area contributed by atoms with E-state index in [0.717, 1.165) is 66.8 Å². The number of anilines is 2. The summed E-state index contributed by atoms with van der Waals surface area (Å²) in [5, 5.41) is 5.59. The molecule has 0 radical (unpaired) electrons. The first-order valence-corrected chi connectivity index (χ1v) is 12.9. The van der Waals surface area contributed by atoms with E-state index in [1.165, 1.54) is 5.56 Å².